The maximum Gasteiger partial charge on any atom is 0.345 e. The van der Waals surface area contributed by atoms with E-state index in [4.69, 9.17) is 9.84 Å². The molecule has 88 valence electrons. The van der Waals surface area contributed by atoms with E-state index in [1.54, 1.807) is 6.07 Å². The van der Waals surface area contributed by atoms with Gasteiger partial charge in [0.15, 0.2) is 6.10 Å². The van der Waals surface area contributed by atoms with Gasteiger partial charge in [-0.15, -0.1) is 0 Å². The lowest BCUT2D eigenvalue weighted by Crippen LogP contribution is -2.32. The molecule has 0 aromatic heterocycles. The van der Waals surface area contributed by atoms with Crippen molar-refractivity contribution in [2.45, 2.75) is 25.3 Å². The van der Waals surface area contributed by atoms with E-state index in [-0.39, 0.29) is 5.92 Å². The van der Waals surface area contributed by atoms with Crippen LogP contribution in [-0.2, 0) is 10.1 Å². The van der Waals surface area contributed by atoms with Crippen molar-refractivity contribution in [3.8, 4) is 5.75 Å². The molecule has 3 nitrogen and oxygen atoms in total. The second-order valence-electron chi connectivity index (χ2n) is 3.90. The molecule has 0 bridgehead atoms. The number of aliphatic carboxylic acids is 1. The third kappa shape index (κ3) is 3.52. The highest BCUT2D eigenvalue weighted by Crippen LogP contribution is 2.19. The second kappa shape index (κ2) is 5.89. The van der Waals surface area contributed by atoms with Crippen molar-refractivity contribution in [2.75, 3.05) is 0 Å². The van der Waals surface area contributed by atoms with Crippen molar-refractivity contribution in [1.29, 1.82) is 0 Å². The predicted molar refractivity (Wildman–Crippen MR) is 66.0 cm³/mol. The van der Waals surface area contributed by atoms with Gasteiger partial charge in [-0.3, -0.25) is 0 Å². The first-order valence-corrected chi connectivity index (χ1v) is 6.21. The molecule has 0 spiro atoms. The fraction of sp³-hybridized carbons (Fsp3) is 0.417. The van der Waals surface area contributed by atoms with Crippen LogP contribution in [0.4, 0.5) is 0 Å². The van der Waals surface area contributed by atoms with E-state index in [2.05, 4.69) is 15.9 Å². The van der Waals surface area contributed by atoms with Crippen LogP contribution in [0.15, 0.2) is 24.3 Å². The molecule has 0 aliphatic carbocycles. The van der Waals surface area contributed by atoms with Gasteiger partial charge < -0.3 is 9.84 Å². The van der Waals surface area contributed by atoms with Gasteiger partial charge in [0.05, 0.1) is 0 Å². The van der Waals surface area contributed by atoms with Crippen LogP contribution in [-0.4, -0.2) is 17.2 Å². The number of carboxylic acids is 1. The summed E-state index contributed by atoms with van der Waals surface area (Å²) in [5, 5.41) is 9.72. The number of halogens is 1. The van der Waals surface area contributed by atoms with Gasteiger partial charge in [0.1, 0.15) is 5.75 Å². The fourth-order valence-corrected chi connectivity index (χ4v) is 1.67. The molecule has 16 heavy (non-hydrogen) atoms. The molecule has 1 N–H and O–H groups in total. The lowest BCUT2D eigenvalue weighted by atomic mass is 10.1. The average Bonchev–Trinajstić information content (AvgIpc) is 2.25. The molecule has 0 fully saturated rings. The van der Waals surface area contributed by atoms with E-state index >= 15 is 0 Å². The third-order valence-electron chi connectivity index (χ3n) is 2.16. The summed E-state index contributed by atoms with van der Waals surface area (Å²) in [5.41, 5.74) is 1.06. The molecule has 1 unspecified atom stereocenters. The van der Waals surface area contributed by atoms with Crippen molar-refractivity contribution < 1.29 is 14.6 Å². The molecule has 0 saturated carbocycles. The van der Waals surface area contributed by atoms with E-state index in [9.17, 15) is 4.79 Å². The fourth-order valence-electron chi connectivity index (χ4n) is 1.32. The molecule has 0 radical (unpaired) electrons. The number of alkyl halides is 1. The molecule has 0 heterocycles. The molecule has 0 aliphatic heterocycles. The predicted octanol–water partition coefficient (Wildman–Crippen LogP) is 3.07. The number of carbonyl (C=O) groups is 1. The van der Waals surface area contributed by atoms with Crippen LogP contribution in [0.2, 0.25) is 0 Å². The van der Waals surface area contributed by atoms with E-state index in [0.717, 1.165) is 10.9 Å². The molecule has 1 rings (SSSR count). The van der Waals surface area contributed by atoms with Crippen LogP contribution in [0.1, 0.15) is 19.4 Å². The first-order valence-electron chi connectivity index (χ1n) is 5.09. The minimum absolute atomic E-state index is 0.0647. The summed E-state index contributed by atoms with van der Waals surface area (Å²) >= 11 is 3.34. The van der Waals surface area contributed by atoms with Crippen LogP contribution < -0.4 is 4.74 Å². The Balaban J connectivity index is 2.81. The summed E-state index contributed by atoms with van der Waals surface area (Å²) in [6, 6.07) is 7.41. The highest BCUT2D eigenvalue weighted by Gasteiger charge is 2.23. The Morgan fingerprint density at radius 3 is 2.69 bits per heavy atom. The van der Waals surface area contributed by atoms with E-state index in [1.165, 1.54) is 0 Å². The molecule has 1 aromatic rings. The van der Waals surface area contributed by atoms with Crippen LogP contribution >= 0.6 is 15.9 Å². The van der Waals surface area contributed by atoms with Crippen LogP contribution in [0, 0.1) is 5.92 Å². The zero-order valence-corrected chi connectivity index (χ0v) is 10.9. The van der Waals surface area contributed by atoms with Gasteiger partial charge in [0.25, 0.3) is 0 Å². The van der Waals surface area contributed by atoms with Gasteiger partial charge in [0, 0.05) is 11.2 Å². The Labute approximate surface area is 104 Å². The molecule has 0 saturated heterocycles. The van der Waals surface area contributed by atoms with Crippen molar-refractivity contribution in [1.82, 2.24) is 0 Å². The number of rotatable bonds is 5. The maximum atomic E-state index is 11.0. The third-order valence-corrected chi connectivity index (χ3v) is 2.81. The van der Waals surface area contributed by atoms with E-state index in [0.29, 0.717) is 5.75 Å². The first-order chi connectivity index (χ1) is 7.54. The lowest BCUT2D eigenvalue weighted by molar-refractivity contribution is -0.147. The zero-order chi connectivity index (χ0) is 12.1. The molecular weight excluding hydrogens is 272 g/mol. The molecule has 4 heteroatoms. The molecular formula is C12H15BrO3. The molecule has 1 aromatic carbocycles. The number of ether oxygens (including phenoxy) is 1. The topological polar surface area (TPSA) is 46.5 Å². The highest BCUT2D eigenvalue weighted by atomic mass is 79.9. The smallest absolute Gasteiger partial charge is 0.345 e. The average molecular weight is 287 g/mol. The van der Waals surface area contributed by atoms with Crippen LogP contribution in [0.25, 0.3) is 0 Å². The Bertz CT molecular complexity index is 363. The van der Waals surface area contributed by atoms with Crippen molar-refractivity contribution in [3.05, 3.63) is 29.8 Å². The van der Waals surface area contributed by atoms with E-state index in [1.807, 2.05) is 32.0 Å². The summed E-state index contributed by atoms with van der Waals surface area (Å²) in [6.45, 7) is 3.65. The Hall–Kier alpha value is -1.03. The van der Waals surface area contributed by atoms with E-state index < -0.39 is 12.1 Å². The van der Waals surface area contributed by atoms with Gasteiger partial charge in [0.2, 0.25) is 0 Å². The summed E-state index contributed by atoms with van der Waals surface area (Å²) in [6.07, 6.45) is -0.800. The van der Waals surface area contributed by atoms with Crippen molar-refractivity contribution in [3.63, 3.8) is 0 Å². The lowest BCUT2D eigenvalue weighted by Gasteiger charge is -2.18. The minimum Gasteiger partial charge on any atom is -0.478 e. The zero-order valence-electron chi connectivity index (χ0n) is 9.31. The molecule has 0 aliphatic rings. The van der Waals surface area contributed by atoms with Crippen LogP contribution in [0.5, 0.6) is 5.75 Å². The number of hydrogen-bond donors (Lipinski definition) is 1. The monoisotopic (exact) mass is 286 g/mol. The van der Waals surface area contributed by atoms with Crippen molar-refractivity contribution in [2.24, 2.45) is 5.92 Å². The number of benzene rings is 1. The summed E-state index contributed by atoms with van der Waals surface area (Å²) in [7, 11) is 0. The van der Waals surface area contributed by atoms with Gasteiger partial charge in [-0.1, -0.05) is 41.9 Å². The van der Waals surface area contributed by atoms with Crippen LogP contribution in [0.3, 0.4) is 0 Å². The Morgan fingerprint density at radius 2 is 2.19 bits per heavy atom. The molecule has 1 atom stereocenters. The normalized spacial score (nSPS) is 12.5. The van der Waals surface area contributed by atoms with Gasteiger partial charge in [-0.25, -0.2) is 4.79 Å². The summed E-state index contributed by atoms with van der Waals surface area (Å²) < 4.78 is 5.46. The van der Waals surface area contributed by atoms with Crippen molar-refractivity contribution >= 4 is 21.9 Å². The largest absolute Gasteiger partial charge is 0.478 e. The standard InChI is InChI=1S/C12H15BrO3/c1-8(2)11(12(14)15)16-10-5-3-4-9(6-10)7-13/h3-6,8,11H,7H2,1-2H3,(H,14,15). The van der Waals surface area contributed by atoms with Gasteiger partial charge in [-0.2, -0.15) is 0 Å². The second-order valence-corrected chi connectivity index (χ2v) is 4.46. The maximum absolute atomic E-state index is 11.0. The number of hydrogen-bond acceptors (Lipinski definition) is 2. The SMILES string of the molecule is CC(C)C(Oc1cccc(CBr)c1)C(=O)O. The quantitative estimate of drug-likeness (QED) is 0.847. The molecule has 0 amide bonds. The first kappa shape index (κ1) is 13.0. The summed E-state index contributed by atoms with van der Waals surface area (Å²) in [5.74, 6) is -0.401. The van der Waals surface area contributed by atoms with Gasteiger partial charge >= 0.3 is 5.97 Å². The van der Waals surface area contributed by atoms with Gasteiger partial charge in [-0.05, 0) is 17.7 Å². The highest BCUT2D eigenvalue weighted by molar-refractivity contribution is 9.08. The Morgan fingerprint density at radius 1 is 1.50 bits per heavy atom. The Kier molecular flexibility index (Phi) is 4.80. The summed E-state index contributed by atoms with van der Waals surface area (Å²) in [4.78, 5) is 11.0. The minimum atomic E-state index is -0.931. The number of carboxylic acid groups (broad SMARTS) is 1.